The predicted octanol–water partition coefficient (Wildman–Crippen LogP) is -0.410. The van der Waals surface area contributed by atoms with E-state index in [0.29, 0.717) is 32.1 Å². The Kier molecular flexibility index (Phi) is 4.56. The maximum Gasteiger partial charge on any atom is 0.404 e. The van der Waals surface area contributed by atoms with Gasteiger partial charge in [-0.2, -0.15) is 0 Å². The first-order valence-electron chi connectivity index (χ1n) is 5.12. The molecular formula is C9H15N3O4. The van der Waals surface area contributed by atoms with Crippen molar-refractivity contribution in [3.63, 3.8) is 0 Å². The van der Waals surface area contributed by atoms with Crippen molar-refractivity contribution >= 4 is 18.4 Å². The van der Waals surface area contributed by atoms with Crippen molar-refractivity contribution in [1.82, 2.24) is 16.2 Å². The summed E-state index contributed by atoms with van der Waals surface area (Å²) in [6.07, 6.45) is 1.90. The van der Waals surface area contributed by atoms with E-state index in [2.05, 4.69) is 16.2 Å². The molecule has 1 saturated carbocycles. The highest BCUT2D eigenvalue weighted by molar-refractivity contribution is 5.79. The van der Waals surface area contributed by atoms with Gasteiger partial charge in [-0.15, -0.1) is 0 Å². The summed E-state index contributed by atoms with van der Waals surface area (Å²) in [5.41, 5.74) is 4.36. The lowest BCUT2D eigenvalue weighted by molar-refractivity contribution is -0.129. The van der Waals surface area contributed by atoms with E-state index in [4.69, 9.17) is 5.11 Å². The third kappa shape index (κ3) is 3.76. The van der Waals surface area contributed by atoms with Crippen LogP contribution in [0.25, 0.3) is 0 Å². The van der Waals surface area contributed by atoms with Crippen molar-refractivity contribution in [1.29, 1.82) is 0 Å². The van der Waals surface area contributed by atoms with Crippen molar-refractivity contribution in [3.05, 3.63) is 0 Å². The molecule has 4 N–H and O–H groups in total. The van der Waals surface area contributed by atoms with Gasteiger partial charge in [0.15, 0.2) is 0 Å². The quantitative estimate of drug-likeness (QED) is 0.388. The van der Waals surface area contributed by atoms with Crippen LogP contribution in [0.4, 0.5) is 4.79 Å². The molecule has 90 valence electrons. The molecule has 0 aromatic heterocycles. The molecule has 1 aliphatic carbocycles. The number of amides is 3. The van der Waals surface area contributed by atoms with Crippen molar-refractivity contribution in [2.45, 2.75) is 31.7 Å². The van der Waals surface area contributed by atoms with Crippen LogP contribution in [0, 0.1) is 5.92 Å². The zero-order chi connectivity index (χ0) is 12.0. The van der Waals surface area contributed by atoms with Crippen LogP contribution in [0.5, 0.6) is 0 Å². The van der Waals surface area contributed by atoms with Crippen LogP contribution in [0.15, 0.2) is 0 Å². The highest BCUT2D eigenvalue weighted by atomic mass is 16.4. The zero-order valence-electron chi connectivity index (χ0n) is 8.73. The van der Waals surface area contributed by atoms with E-state index in [1.165, 1.54) is 0 Å². The molecule has 0 aliphatic heterocycles. The molecule has 1 fully saturated rings. The number of nitrogens with one attached hydrogen (secondary N) is 3. The summed E-state index contributed by atoms with van der Waals surface area (Å²) in [4.78, 5) is 31.8. The molecule has 1 rings (SSSR count). The maximum atomic E-state index is 11.4. The highest BCUT2D eigenvalue weighted by Gasteiger charge is 2.26. The van der Waals surface area contributed by atoms with E-state index in [0.717, 1.165) is 0 Å². The average Bonchev–Trinajstić information content (AvgIpc) is 2.26. The van der Waals surface area contributed by atoms with Crippen LogP contribution in [-0.4, -0.2) is 29.6 Å². The fourth-order valence-electron chi connectivity index (χ4n) is 1.88. The second kappa shape index (κ2) is 5.94. The lowest BCUT2D eigenvalue weighted by Gasteiger charge is -2.27. The van der Waals surface area contributed by atoms with Gasteiger partial charge in [0.2, 0.25) is 12.3 Å². The zero-order valence-corrected chi connectivity index (χ0v) is 8.73. The van der Waals surface area contributed by atoms with Gasteiger partial charge in [-0.1, -0.05) is 0 Å². The Morgan fingerprint density at radius 1 is 1.19 bits per heavy atom. The Balaban J connectivity index is 2.28. The van der Waals surface area contributed by atoms with E-state index in [-0.39, 0.29) is 17.9 Å². The Morgan fingerprint density at radius 3 is 2.31 bits per heavy atom. The second-order valence-corrected chi connectivity index (χ2v) is 3.75. The summed E-state index contributed by atoms with van der Waals surface area (Å²) in [5.74, 6) is -0.375. The highest BCUT2D eigenvalue weighted by Crippen LogP contribution is 2.24. The van der Waals surface area contributed by atoms with Gasteiger partial charge < -0.3 is 10.4 Å². The second-order valence-electron chi connectivity index (χ2n) is 3.75. The number of carbonyl (C=O) groups excluding carboxylic acids is 2. The molecule has 16 heavy (non-hydrogen) atoms. The largest absolute Gasteiger partial charge is 0.465 e. The average molecular weight is 229 g/mol. The maximum absolute atomic E-state index is 11.4. The van der Waals surface area contributed by atoms with E-state index < -0.39 is 6.09 Å². The van der Waals surface area contributed by atoms with Crippen molar-refractivity contribution in [2.24, 2.45) is 5.92 Å². The number of rotatable bonds is 4. The Morgan fingerprint density at radius 2 is 1.81 bits per heavy atom. The fraction of sp³-hybridized carbons (Fsp3) is 0.667. The van der Waals surface area contributed by atoms with Gasteiger partial charge in [-0.05, 0) is 25.7 Å². The number of hydrogen-bond acceptors (Lipinski definition) is 3. The smallest absolute Gasteiger partial charge is 0.404 e. The molecule has 0 spiro atoms. The van der Waals surface area contributed by atoms with Crippen LogP contribution in [-0.2, 0) is 9.59 Å². The number of hydrazine groups is 1. The van der Waals surface area contributed by atoms with Crippen molar-refractivity contribution in [2.75, 3.05) is 0 Å². The van der Waals surface area contributed by atoms with Gasteiger partial charge in [0, 0.05) is 12.0 Å². The Labute approximate surface area is 92.6 Å². The van der Waals surface area contributed by atoms with Crippen LogP contribution >= 0.6 is 0 Å². The summed E-state index contributed by atoms with van der Waals surface area (Å²) < 4.78 is 0. The number of carboxylic acid groups (broad SMARTS) is 1. The molecule has 0 aromatic rings. The predicted molar refractivity (Wildman–Crippen MR) is 54.2 cm³/mol. The van der Waals surface area contributed by atoms with Crippen molar-refractivity contribution < 1.29 is 19.5 Å². The molecule has 7 nitrogen and oxygen atoms in total. The molecule has 0 aromatic carbocycles. The first kappa shape index (κ1) is 12.3. The Bertz CT molecular complexity index is 274. The third-order valence-corrected chi connectivity index (χ3v) is 2.68. The fourth-order valence-corrected chi connectivity index (χ4v) is 1.88. The lowest BCUT2D eigenvalue weighted by atomic mass is 9.85. The van der Waals surface area contributed by atoms with Crippen LogP contribution in [0.2, 0.25) is 0 Å². The molecule has 0 radical (unpaired) electrons. The Hall–Kier alpha value is -1.79. The summed E-state index contributed by atoms with van der Waals surface area (Å²) >= 11 is 0. The van der Waals surface area contributed by atoms with Gasteiger partial charge in [0.25, 0.3) is 0 Å². The van der Waals surface area contributed by atoms with Crippen LogP contribution in [0.1, 0.15) is 25.7 Å². The molecule has 0 heterocycles. The van der Waals surface area contributed by atoms with Gasteiger partial charge in [-0.25, -0.2) is 4.79 Å². The molecular weight excluding hydrogens is 214 g/mol. The van der Waals surface area contributed by atoms with Crippen LogP contribution < -0.4 is 16.2 Å². The summed E-state index contributed by atoms with van der Waals surface area (Å²) in [7, 11) is 0. The van der Waals surface area contributed by atoms with Crippen LogP contribution in [0.3, 0.4) is 0 Å². The SMILES string of the molecule is O=CNNC(=O)C1CCC(NC(=O)O)CC1. The van der Waals surface area contributed by atoms with E-state index >= 15 is 0 Å². The number of carbonyl (C=O) groups is 3. The van der Waals surface area contributed by atoms with Gasteiger partial charge in [0.05, 0.1) is 0 Å². The van der Waals surface area contributed by atoms with E-state index in [1.807, 2.05) is 0 Å². The molecule has 0 unspecified atom stereocenters. The van der Waals surface area contributed by atoms with Gasteiger partial charge in [0.1, 0.15) is 0 Å². The molecule has 7 heteroatoms. The minimum Gasteiger partial charge on any atom is -0.465 e. The van der Waals surface area contributed by atoms with Gasteiger partial charge >= 0.3 is 6.09 Å². The number of hydrogen-bond donors (Lipinski definition) is 4. The van der Waals surface area contributed by atoms with Gasteiger partial charge in [-0.3, -0.25) is 20.4 Å². The topological polar surface area (TPSA) is 108 Å². The first-order valence-corrected chi connectivity index (χ1v) is 5.12. The monoisotopic (exact) mass is 229 g/mol. The molecule has 0 saturated heterocycles. The molecule has 1 aliphatic rings. The van der Waals surface area contributed by atoms with Crippen molar-refractivity contribution in [3.8, 4) is 0 Å². The summed E-state index contributed by atoms with van der Waals surface area (Å²) in [5, 5.41) is 10.9. The third-order valence-electron chi connectivity index (χ3n) is 2.68. The standard InChI is InChI=1S/C9H15N3O4/c13-5-10-12-8(14)6-1-3-7(4-2-6)11-9(15)16/h5-7,11H,1-4H2,(H,10,13)(H,12,14)(H,15,16). The normalized spacial score (nSPS) is 24.2. The molecule has 0 bridgehead atoms. The summed E-state index contributed by atoms with van der Waals surface area (Å²) in [6, 6.07) is -0.0689. The summed E-state index contributed by atoms with van der Waals surface area (Å²) in [6.45, 7) is 0. The minimum absolute atomic E-state index is 0.0689. The molecule has 3 amide bonds. The lowest BCUT2D eigenvalue weighted by Crippen LogP contribution is -2.44. The first-order chi connectivity index (χ1) is 7.63. The molecule has 0 atom stereocenters. The van der Waals surface area contributed by atoms with E-state index in [1.54, 1.807) is 0 Å². The van der Waals surface area contributed by atoms with E-state index in [9.17, 15) is 14.4 Å². The minimum atomic E-state index is -1.03.